The van der Waals surface area contributed by atoms with Gasteiger partial charge < -0.3 is 0 Å². The second-order valence-corrected chi connectivity index (χ2v) is 9.63. The van der Waals surface area contributed by atoms with E-state index >= 15 is 0 Å². The predicted molar refractivity (Wildman–Crippen MR) is 96.1 cm³/mol. The summed E-state index contributed by atoms with van der Waals surface area (Å²) < 4.78 is 37.1. The lowest BCUT2D eigenvalue weighted by atomic mass is 10.1. The molecule has 0 aliphatic rings. The first-order valence-corrected chi connectivity index (χ1v) is 9.54. The summed E-state index contributed by atoms with van der Waals surface area (Å²) in [6.45, 7) is 1.13. The van der Waals surface area contributed by atoms with Crippen molar-refractivity contribution in [3.8, 4) is 0 Å². The summed E-state index contributed by atoms with van der Waals surface area (Å²) in [6.07, 6.45) is 0. The number of benzene rings is 2. The number of rotatable bonds is 4. The number of sulfonamides is 1. The average Bonchev–Trinajstić information content (AvgIpc) is 2.52. The maximum absolute atomic E-state index is 13.1. The fraction of sp³-hybridized carbons (Fsp3) is 0.188. The van der Waals surface area contributed by atoms with Gasteiger partial charge in [-0.05, 0) is 43.3 Å². The molecule has 4 nitrogen and oxygen atoms in total. The molecule has 0 saturated heterocycles. The van der Waals surface area contributed by atoms with Crippen molar-refractivity contribution in [3.63, 3.8) is 0 Å². The summed E-state index contributed by atoms with van der Waals surface area (Å²) in [5.74, 6) is -1.47. The number of nitrogens with zero attached hydrogens (tertiary/aromatic N) is 1. The first-order valence-electron chi connectivity index (χ1n) is 6.97. The molecule has 0 fully saturated rings. The highest BCUT2D eigenvalue weighted by molar-refractivity contribution is 7.89. The van der Waals surface area contributed by atoms with Crippen molar-refractivity contribution in [2.45, 2.75) is 15.6 Å². The largest absolute Gasteiger partial charge is 0.268 e. The van der Waals surface area contributed by atoms with Crippen molar-refractivity contribution >= 4 is 50.7 Å². The van der Waals surface area contributed by atoms with Gasteiger partial charge in [0, 0.05) is 5.56 Å². The maximum atomic E-state index is 13.1. The van der Waals surface area contributed by atoms with Crippen LogP contribution in [-0.4, -0.2) is 29.0 Å². The molecule has 1 amide bonds. The summed E-state index contributed by atoms with van der Waals surface area (Å²) in [7, 11) is -4.34. The van der Waals surface area contributed by atoms with Crippen LogP contribution in [0.5, 0.6) is 0 Å². The van der Waals surface area contributed by atoms with E-state index in [0.29, 0.717) is 4.31 Å². The molecule has 0 radical (unpaired) electrons. The van der Waals surface area contributed by atoms with Crippen molar-refractivity contribution in [1.82, 2.24) is 4.31 Å². The van der Waals surface area contributed by atoms with Gasteiger partial charge in [0.1, 0.15) is 5.82 Å². The second kappa shape index (κ2) is 7.50. The van der Waals surface area contributed by atoms with Crippen molar-refractivity contribution in [1.29, 1.82) is 0 Å². The molecule has 2 rings (SSSR count). The topological polar surface area (TPSA) is 54.5 Å². The normalized spacial score (nSPS) is 12.0. The molecular weight excluding hydrogens is 412 g/mol. The molecule has 0 aliphatic carbocycles. The zero-order valence-electron chi connectivity index (χ0n) is 12.9. The molecule has 9 heteroatoms. The Morgan fingerprint density at radius 1 is 1.04 bits per heavy atom. The van der Waals surface area contributed by atoms with Gasteiger partial charge in [-0.15, -0.1) is 0 Å². The molecule has 0 heterocycles. The zero-order valence-corrected chi connectivity index (χ0v) is 16.0. The lowest BCUT2D eigenvalue weighted by Crippen LogP contribution is -2.42. The van der Waals surface area contributed by atoms with Crippen molar-refractivity contribution < 1.29 is 17.6 Å². The monoisotopic (exact) mass is 423 g/mol. The molecule has 0 N–H and O–H groups in total. The Labute approximate surface area is 160 Å². The summed E-state index contributed by atoms with van der Waals surface area (Å²) >= 11 is 17.1. The lowest BCUT2D eigenvalue weighted by Gasteiger charge is -2.26. The highest BCUT2D eigenvalue weighted by Gasteiger charge is 2.36. The number of halogens is 4. The van der Waals surface area contributed by atoms with Crippen LogP contribution in [0.2, 0.25) is 0 Å². The minimum Gasteiger partial charge on any atom is -0.268 e. The third kappa shape index (κ3) is 5.07. The summed E-state index contributed by atoms with van der Waals surface area (Å²) in [4.78, 5) is 12.4. The van der Waals surface area contributed by atoms with E-state index < -0.39 is 32.1 Å². The highest BCUT2D eigenvalue weighted by Crippen LogP contribution is 2.30. The molecule has 0 saturated carbocycles. The fourth-order valence-corrected chi connectivity index (χ4v) is 4.00. The van der Waals surface area contributed by atoms with Crippen LogP contribution in [0.3, 0.4) is 0 Å². The van der Waals surface area contributed by atoms with Crippen LogP contribution >= 0.6 is 34.8 Å². The van der Waals surface area contributed by atoms with Gasteiger partial charge in [-0.2, -0.15) is 0 Å². The Balaban J connectivity index is 2.50. The quantitative estimate of drug-likeness (QED) is 0.686. The Morgan fingerprint density at radius 2 is 1.56 bits per heavy atom. The molecule has 2 aromatic carbocycles. The van der Waals surface area contributed by atoms with E-state index in [4.69, 9.17) is 34.8 Å². The summed E-state index contributed by atoms with van der Waals surface area (Å²) in [6, 6.07) is 10.3. The van der Waals surface area contributed by atoms with Gasteiger partial charge in [0.05, 0.1) is 11.4 Å². The van der Waals surface area contributed by atoms with E-state index in [1.807, 2.05) is 6.92 Å². The second-order valence-electron chi connectivity index (χ2n) is 5.25. The smallest absolute Gasteiger partial charge is 0.267 e. The molecular formula is C16H13Cl3FNO3S. The molecule has 0 aliphatic heterocycles. The van der Waals surface area contributed by atoms with E-state index in [-0.39, 0.29) is 10.5 Å². The molecule has 0 bridgehead atoms. The molecule has 0 spiro atoms. The van der Waals surface area contributed by atoms with Gasteiger partial charge in [0.15, 0.2) is 0 Å². The van der Waals surface area contributed by atoms with Gasteiger partial charge in [0.25, 0.3) is 15.9 Å². The number of alkyl halides is 3. The Morgan fingerprint density at radius 3 is 2.04 bits per heavy atom. The summed E-state index contributed by atoms with van der Waals surface area (Å²) in [5.41, 5.74) is 1.01. The third-order valence-corrected chi connectivity index (χ3v) is 5.35. The van der Waals surface area contributed by atoms with Crippen LogP contribution in [0.25, 0.3) is 0 Å². The van der Waals surface area contributed by atoms with Crippen molar-refractivity contribution in [3.05, 3.63) is 65.5 Å². The van der Waals surface area contributed by atoms with Crippen LogP contribution < -0.4 is 0 Å². The molecule has 0 aromatic heterocycles. The highest BCUT2D eigenvalue weighted by atomic mass is 35.6. The van der Waals surface area contributed by atoms with E-state index in [0.717, 1.165) is 29.8 Å². The number of hydrogen-bond acceptors (Lipinski definition) is 3. The minimum absolute atomic E-state index is 0.116. The van der Waals surface area contributed by atoms with Gasteiger partial charge in [-0.25, -0.2) is 17.1 Å². The van der Waals surface area contributed by atoms with Gasteiger partial charge >= 0.3 is 0 Å². The average molecular weight is 425 g/mol. The SMILES string of the molecule is Cc1ccc(C(=O)N(CC(Cl)(Cl)Cl)S(=O)(=O)c2ccc(F)cc2)cc1. The van der Waals surface area contributed by atoms with Crippen LogP contribution in [0, 0.1) is 12.7 Å². The van der Waals surface area contributed by atoms with Crippen LogP contribution in [-0.2, 0) is 10.0 Å². The molecule has 25 heavy (non-hydrogen) atoms. The third-order valence-electron chi connectivity index (χ3n) is 3.25. The van der Waals surface area contributed by atoms with Crippen LogP contribution in [0.1, 0.15) is 15.9 Å². The van der Waals surface area contributed by atoms with E-state index in [1.54, 1.807) is 12.1 Å². The van der Waals surface area contributed by atoms with E-state index in [1.165, 1.54) is 12.1 Å². The van der Waals surface area contributed by atoms with Crippen molar-refractivity contribution in [2.24, 2.45) is 0 Å². The van der Waals surface area contributed by atoms with Gasteiger partial charge in [-0.1, -0.05) is 52.5 Å². The number of carbonyl (C=O) groups is 1. The standard InChI is InChI=1S/C16H13Cl3FNO3S/c1-11-2-4-12(5-3-11)15(22)21(10-16(17,18)19)25(23,24)14-8-6-13(20)7-9-14/h2-9H,10H2,1H3. The molecule has 0 atom stereocenters. The van der Waals surface area contributed by atoms with Gasteiger partial charge in [0.2, 0.25) is 3.79 Å². The van der Waals surface area contributed by atoms with Crippen molar-refractivity contribution in [2.75, 3.05) is 6.54 Å². The molecule has 2 aromatic rings. The zero-order chi connectivity index (χ0) is 18.8. The van der Waals surface area contributed by atoms with Gasteiger partial charge in [-0.3, -0.25) is 4.79 Å². The predicted octanol–water partition coefficient (Wildman–Crippen LogP) is 4.34. The minimum atomic E-state index is -4.34. The van der Waals surface area contributed by atoms with Crippen LogP contribution in [0.15, 0.2) is 53.4 Å². The van der Waals surface area contributed by atoms with E-state index in [2.05, 4.69) is 0 Å². The Kier molecular flexibility index (Phi) is 5.99. The molecule has 134 valence electrons. The maximum Gasteiger partial charge on any atom is 0.267 e. The number of carbonyl (C=O) groups excluding carboxylic acids is 1. The Bertz CT molecular complexity index is 863. The first kappa shape index (κ1) is 20.0. The van der Waals surface area contributed by atoms with Crippen LogP contribution in [0.4, 0.5) is 4.39 Å². The lowest BCUT2D eigenvalue weighted by molar-refractivity contribution is 0.0863. The molecule has 0 unspecified atom stereocenters. The fourth-order valence-electron chi connectivity index (χ4n) is 2.00. The first-order chi connectivity index (χ1) is 11.5. The number of amides is 1. The number of aryl methyl sites for hydroxylation is 1. The Hall–Kier alpha value is -1.34. The number of hydrogen-bond donors (Lipinski definition) is 0. The van der Waals surface area contributed by atoms with E-state index in [9.17, 15) is 17.6 Å². The summed E-state index contributed by atoms with van der Waals surface area (Å²) in [5, 5.41) is 0.